The third kappa shape index (κ3) is 3.50. The minimum Gasteiger partial charge on any atom is -0.367 e. The number of benzene rings is 1. The highest BCUT2D eigenvalue weighted by Gasteiger charge is 2.64. The van der Waals surface area contributed by atoms with Crippen LogP contribution in [0.1, 0.15) is 76.9 Å². The number of methoxy groups -OCH3 is 1. The van der Waals surface area contributed by atoms with E-state index in [2.05, 4.69) is 31.9 Å². The lowest BCUT2D eigenvalue weighted by atomic mass is 9.47. The number of amides is 1. The molecule has 9 atom stereocenters. The third-order valence-electron chi connectivity index (χ3n) is 12.1. The van der Waals surface area contributed by atoms with Gasteiger partial charge < -0.3 is 14.5 Å². The van der Waals surface area contributed by atoms with Crippen LogP contribution in [0, 0.1) is 34.5 Å². The summed E-state index contributed by atoms with van der Waals surface area (Å²) in [5.74, 6) is 3.61. The van der Waals surface area contributed by atoms with Gasteiger partial charge in [0.05, 0.1) is 0 Å². The molecule has 1 amide bonds. The van der Waals surface area contributed by atoms with Crippen molar-refractivity contribution >= 4 is 5.91 Å². The van der Waals surface area contributed by atoms with Gasteiger partial charge in [-0.3, -0.25) is 4.79 Å². The SMILES string of the molecule is COC(C(=O)N(C)C1CCC2(C)C(=CCC3C2CCC24CN(C)C(C)C2CCC34)C1)c1ccccc1. The first-order valence-electron chi connectivity index (χ1n) is 14.5. The van der Waals surface area contributed by atoms with E-state index in [9.17, 15) is 4.79 Å². The van der Waals surface area contributed by atoms with Gasteiger partial charge >= 0.3 is 0 Å². The Kier molecular flexibility index (Phi) is 6.15. The van der Waals surface area contributed by atoms with E-state index in [0.717, 1.165) is 48.1 Å². The second kappa shape index (κ2) is 8.98. The molecule has 1 heterocycles. The van der Waals surface area contributed by atoms with Gasteiger partial charge in [0.15, 0.2) is 6.10 Å². The van der Waals surface area contributed by atoms with E-state index < -0.39 is 6.10 Å². The lowest BCUT2D eigenvalue weighted by Crippen LogP contribution is -2.53. The fourth-order valence-electron chi connectivity index (χ4n) is 10.1. The molecule has 1 aromatic rings. The van der Waals surface area contributed by atoms with Crippen LogP contribution in [0.2, 0.25) is 0 Å². The van der Waals surface area contributed by atoms with E-state index >= 15 is 0 Å². The highest BCUT2D eigenvalue weighted by Crippen LogP contribution is 2.68. The minimum absolute atomic E-state index is 0.0858. The van der Waals surface area contributed by atoms with Crippen molar-refractivity contribution in [2.75, 3.05) is 27.7 Å². The summed E-state index contributed by atoms with van der Waals surface area (Å²) >= 11 is 0. The molecule has 4 fully saturated rings. The highest BCUT2D eigenvalue weighted by molar-refractivity contribution is 5.82. The molecule has 1 saturated heterocycles. The maximum atomic E-state index is 13.5. The predicted octanol–water partition coefficient (Wildman–Crippen LogP) is 6.09. The smallest absolute Gasteiger partial charge is 0.256 e. The molecule has 1 spiro atoms. The molecule has 4 heteroatoms. The largest absolute Gasteiger partial charge is 0.367 e. The number of likely N-dealkylation sites (N-methyl/N-ethyl adjacent to an activating group) is 1. The molecule has 0 N–H and O–H groups in total. The van der Waals surface area contributed by atoms with Crippen LogP contribution in [-0.4, -0.2) is 55.5 Å². The summed E-state index contributed by atoms with van der Waals surface area (Å²) in [4.78, 5) is 18.2. The van der Waals surface area contributed by atoms with Gasteiger partial charge in [-0.25, -0.2) is 0 Å². The number of allylic oxidation sites excluding steroid dienone is 1. The number of carbonyl (C=O) groups is 1. The van der Waals surface area contributed by atoms with Gasteiger partial charge in [0.25, 0.3) is 5.91 Å². The zero-order chi connectivity index (χ0) is 25.2. The van der Waals surface area contributed by atoms with Crippen molar-refractivity contribution in [3.8, 4) is 0 Å². The number of ether oxygens (including phenoxy) is 1. The molecule has 3 saturated carbocycles. The van der Waals surface area contributed by atoms with E-state index in [1.54, 1.807) is 12.7 Å². The Hall–Kier alpha value is -1.65. The molecule has 0 radical (unpaired) electrons. The van der Waals surface area contributed by atoms with Crippen LogP contribution in [-0.2, 0) is 9.53 Å². The minimum atomic E-state index is -0.522. The first-order chi connectivity index (χ1) is 17.3. The average Bonchev–Trinajstić information content (AvgIpc) is 3.37. The maximum absolute atomic E-state index is 13.5. The average molecular weight is 491 g/mol. The molecule has 9 unspecified atom stereocenters. The van der Waals surface area contributed by atoms with E-state index in [0.29, 0.717) is 10.8 Å². The second-order valence-corrected chi connectivity index (χ2v) is 13.2. The van der Waals surface area contributed by atoms with Crippen LogP contribution < -0.4 is 0 Å². The number of nitrogens with zero attached hydrogens (tertiary/aromatic N) is 2. The van der Waals surface area contributed by atoms with Crippen LogP contribution in [0.15, 0.2) is 42.0 Å². The fourth-order valence-corrected chi connectivity index (χ4v) is 10.1. The number of likely N-dealkylation sites (tertiary alicyclic amines) is 1. The molecule has 1 aliphatic heterocycles. The van der Waals surface area contributed by atoms with Gasteiger partial charge in [-0.2, -0.15) is 0 Å². The molecule has 1 aromatic carbocycles. The van der Waals surface area contributed by atoms with Gasteiger partial charge in [0.1, 0.15) is 0 Å². The van der Waals surface area contributed by atoms with E-state index in [-0.39, 0.29) is 11.9 Å². The Bertz CT molecular complexity index is 1020. The van der Waals surface area contributed by atoms with E-state index in [1.807, 2.05) is 42.3 Å². The number of hydrogen-bond acceptors (Lipinski definition) is 3. The number of fused-ring (bicyclic) bond motifs is 4. The summed E-state index contributed by atoms with van der Waals surface area (Å²) in [7, 11) is 6.01. The van der Waals surface area contributed by atoms with Gasteiger partial charge in [0.2, 0.25) is 0 Å². The molecule has 0 bridgehead atoms. The van der Waals surface area contributed by atoms with Crippen molar-refractivity contribution in [1.82, 2.24) is 9.80 Å². The summed E-state index contributed by atoms with van der Waals surface area (Å²) in [6, 6.07) is 11.0. The summed E-state index contributed by atoms with van der Waals surface area (Å²) in [5, 5.41) is 0. The molecule has 36 heavy (non-hydrogen) atoms. The summed E-state index contributed by atoms with van der Waals surface area (Å²) < 4.78 is 5.69. The zero-order valence-electron chi connectivity index (χ0n) is 23.1. The molecule has 6 rings (SSSR count). The van der Waals surface area contributed by atoms with Crippen LogP contribution in [0.5, 0.6) is 0 Å². The van der Waals surface area contributed by atoms with Crippen LogP contribution in [0.4, 0.5) is 0 Å². The van der Waals surface area contributed by atoms with Gasteiger partial charge in [-0.15, -0.1) is 0 Å². The van der Waals surface area contributed by atoms with Crippen molar-refractivity contribution in [1.29, 1.82) is 0 Å². The normalized spacial score (nSPS) is 42.5. The summed E-state index contributed by atoms with van der Waals surface area (Å²) in [6.45, 7) is 6.40. The zero-order valence-corrected chi connectivity index (χ0v) is 23.1. The second-order valence-electron chi connectivity index (χ2n) is 13.2. The standard InChI is InChI=1S/C32H46N2O2/c1-21-26-13-14-28-25-12-11-23-19-24(34(4)30(35)29(36-5)22-9-7-6-8-10-22)15-17-31(23,2)27(25)16-18-32(26,28)20-33(21)3/h6-11,21,24-29H,12-20H2,1-5H3. The lowest BCUT2D eigenvalue weighted by molar-refractivity contribution is -0.144. The Balaban J connectivity index is 1.20. The molecule has 5 aliphatic rings. The van der Waals surface area contributed by atoms with E-state index in [4.69, 9.17) is 4.74 Å². The van der Waals surface area contributed by atoms with E-state index in [1.165, 1.54) is 45.1 Å². The molecular formula is C32H46N2O2. The topological polar surface area (TPSA) is 32.8 Å². The fraction of sp³-hybridized carbons (Fsp3) is 0.719. The Morgan fingerprint density at radius 1 is 1.08 bits per heavy atom. The first kappa shape index (κ1) is 24.7. The van der Waals surface area contributed by atoms with Crippen LogP contribution >= 0.6 is 0 Å². The summed E-state index contributed by atoms with van der Waals surface area (Å²) in [6.07, 6.45) is 12.5. The van der Waals surface area contributed by atoms with Crippen LogP contribution in [0.3, 0.4) is 0 Å². The van der Waals surface area contributed by atoms with Gasteiger partial charge in [-0.05, 0) is 105 Å². The lowest BCUT2D eigenvalue weighted by Gasteiger charge is -2.58. The van der Waals surface area contributed by atoms with Crippen molar-refractivity contribution in [2.24, 2.45) is 34.5 Å². The Labute approximate surface area is 218 Å². The monoisotopic (exact) mass is 490 g/mol. The molecule has 0 aromatic heterocycles. The van der Waals surface area contributed by atoms with Crippen molar-refractivity contribution in [3.63, 3.8) is 0 Å². The Morgan fingerprint density at radius 3 is 2.58 bits per heavy atom. The van der Waals surface area contributed by atoms with Gasteiger partial charge in [0, 0.05) is 32.8 Å². The van der Waals surface area contributed by atoms with Gasteiger partial charge in [-0.1, -0.05) is 48.9 Å². The van der Waals surface area contributed by atoms with Crippen molar-refractivity contribution in [3.05, 3.63) is 47.5 Å². The Morgan fingerprint density at radius 2 is 1.83 bits per heavy atom. The number of rotatable bonds is 4. The van der Waals surface area contributed by atoms with Crippen molar-refractivity contribution in [2.45, 2.75) is 83.4 Å². The quantitative estimate of drug-likeness (QED) is 0.479. The number of hydrogen-bond donors (Lipinski definition) is 0. The molecule has 4 aliphatic carbocycles. The highest BCUT2D eigenvalue weighted by atomic mass is 16.5. The number of carbonyl (C=O) groups excluding carboxylic acids is 1. The molecular weight excluding hydrogens is 444 g/mol. The van der Waals surface area contributed by atoms with Crippen molar-refractivity contribution < 1.29 is 9.53 Å². The summed E-state index contributed by atoms with van der Waals surface area (Å²) in [5.41, 5.74) is 3.50. The predicted molar refractivity (Wildman–Crippen MR) is 144 cm³/mol. The molecule has 4 nitrogen and oxygen atoms in total. The maximum Gasteiger partial charge on any atom is 0.256 e. The van der Waals surface area contributed by atoms with Crippen LogP contribution in [0.25, 0.3) is 0 Å². The third-order valence-corrected chi connectivity index (χ3v) is 12.1. The molecule has 196 valence electrons. The first-order valence-corrected chi connectivity index (χ1v) is 14.5.